The van der Waals surface area contributed by atoms with Gasteiger partial charge in [-0.1, -0.05) is 13.0 Å². The number of rotatable bonds is 7. The number of halogens is 1. The lowest BCUT2D eigenvalue weighted by Gasteiger charge is -2.16. The largest absolute Gasteiger partial charge is 0.326 e. The van der Waals surface area contributed by atoms with Crippen LogP contribution < -0.4 is 10.5 Å². The zero-order valence-corrected chi connectivity index (χ0v) is 15.2. The van der Waals surface area contributed by atoms with E-state index in [0.29, 0.717) is 11.0 Å². The fourth-order valence-electron chi connectivity index (χ4n) is 1.78. The van der Waals surface area contributed by atoms with Gasteiger partial charge in [0.1, 0.15) is 0 Å². The molecule has 1 aromatic carbocycles. The van der Waals surface area contributed by atoms with E-state index in [9.17, 15) is 8.42 Å². The molecule has 0 aliphatic heterocycles. The van der Waals surface area contributed by atoms with E-state index in [1.54, 1.807) is 17.8 Å². The Bertz CT molecular complexity index is 562. The molecule has 1 unspecified atom stereocenters. The Morgan fingerprint density at radius 1 is 1.45 bits per heavy atom. The zero-order valence-electron chi connectivity index (χ0n) is 11.9. The summed E-state index contributed by atoms with van der Waals surface area (Å²) in [5.74, 6) is 1.72. The van der Waals surface area contributed by atoms with E-state index in [1.165, 1.54) is 0 Å². The third-order valence-electron chi connectivity index (χ3n) is 2.73. The summed E-state index contributed by atoms with van der Waals surface area (Å²) in [4.78, 5) is 0.256. The molecule has 0 spiro atoms. The summed E-state index contributed by atoms with van der Waals surface area (Å²) in [6, 6.07) is 3.40. The Balaban J connectivity index is 3.06. The van der Waals surface area contributed by atoms with Crippen molar-refractivity contribution in [2.45, 2.75) is 38.3 Å². The highest BCUT2D eigenvalue weighted by Gasteiger charge is 2.21. The first kappa shape index (κ1) is 18.0. The highest BCUT2D eigenvalue weighted by Crippen LogP contribution is 2.27. The molecule has 0 amide bonds. The SMILES string of the molecule is CCSCC(C)NS(=O)(=O)c1cc(CN)cc(C)c1Br. The molecule has 1 aromatic rings. The van der Waals surface area contributed by atoms with Crippen LogP contribution in [0.1, 0.15) is 25.0 Å². The smallest absolute Gasteiger partial charge is 0.241 e. The summed E-state index contributed by atoms with van der Waals surface area (Å²) in [5.41, 5.74) is 7.29. The molecule has 0 aliphatic rings. The third-order valence-corrected chi connectivity index (χ3v) is 6.81. The normalized spacial score (nSPS) is 13.4. The van der Waals surface area contributed by atoms with Crippen molar-refractivity contribution in [1.82, 2.24) is 4.72 Å². The second-order valence-corrected chi connectivity index (χ2v) is 8.41. The fourth-order valence-corrected chi connectivity index (χ4v) is 4.87. The van der Waals surface area contributed by atoms with Crippen molar-refractivity contribution in [2.24, 2.45) is 5.73 Å². The van der Waals surface area contributed by atoms with E-state index in [-0.39, 0.29) is 10.9 Å². The van der Waals surface area contributed by atoms with Crippen molar-refractivity contribution >= 4 is 37.7 Å². The van der Waals surface area contributed by atoms with E-state index in [0.717, 1.165) is 22.6 Å². The molecule has 4 nitrogen and oxygen atoms in total. The summed E-state index contributed by atoms with van der Waals surface area (Å²) in [5, 5.41) is 0. The number of nitrogens with one attached hydrogen (secondary N) is 1. The lowest BCUT2D eigenvalue weighted by molar-refractivity contribution is 0.570. The maximum atomic E-state index is 12.5. The predicted molar refractivity (Wildman–Crippen MR) is 89.6 cm³/mol. The van der Waals surface area contributed by atoms with E-state index < -0.39 is 10.0 Å². The quantitative estimate of drug-likeness (QED) is 0.762. The minimum absolute atomic E-state index is 0.112. The lowest BCUT2D eigenvalue weighted by atomic mass is 10.1. The standard InChI is InChI=1S/C13H21BrN2O2S2/c1-4-19-8-10(3)16-20(17,18)12-6-11(7-15)5-9(2)13(12)14/h5-6,10,16H,4,7-8,15H2,1-3H3. The molecular weight excluding hydrogens is 360 g/mol. The Morgan fingerprint density at radius 3 is 2.65 bits per heavy atom. The highest BCUT2D eigenvalue weighted by molar-refractivity contribution is 9.10. The zero-order chi connectivity index (χ0) is 15.3. The predicted octanol–water partition coefficient (Wildman–Crippen LogP) is 2.64. The number of sulfonamides is 1. The van der Waals surface area contributed by atoms with Crippen LogP contribution in [0.2, 0.25) is 0 Å². The van der Waals surface area contributed by atoms with Crippen molar-refractivity contribution in [1.29, 1.82) is 0 Å². The lowest BCUT2D eigenvalue weighted by Crippen LogP contribution is -2.34. The first-order chi connectivity index (χ1) is 9.31. The van der Waals surface area contributed by atoms with Crippen LogP contribution in [0.5, 0.6) is 0 Å². The molecule has 0 saturated heterocycles. The van der Waals surface area contributed by atoms with Crippen LogP contribution in [0.4, 0.5) is 0 Å². The molecule has 0 bridgehead atoms. The van der Waals surface area contributed by atoms with Gasteiger partial charge in [-0.25, -0.2) is 13.1 Å². The van der Waals surface area contributed by atoms with Crippen LogP contribution in [0.3, 0.4) is 0 Å². The molecule has 1 atom stereocenters. The summed E-state index contributed by atoms with van der Waals surface area (Å²) >= 11 is 5.07. The number of thioether (sulfide) groups is 1. The molecule has 0 radical (unpaired) electrons. The summed E-state index contributed by atoms with van der Waals surface area (Å²) < 4.78 is 28.2. The number of hydrogen-bond acceptors (Lipinski definition) is 4. The van der Waals surface area contributed by atoms with Gasteiger partial charge in [0.25, 0.3) is 0 Å². The maximum absolute atomic E-state index is 12.5. The van der Waals surface area contributed by atoms with E-state index in [2.05, 4.69) is 27.6 Å². The van der Waals surface area contributed by atoms with Crippen LogP contribution in [0, 0.1) is 6.92 Å². The monoisotopic (exact) mass is 380 g/mol. The molecule has 0 aliphatic carbocycles. The topological polar surface area (TPSA) is 72.2 Å². The minimum Gasteiger partial charge on any atom is -0.326 e. The van der Waals surface area contributed by atoms with Crippen molar-refractivity contribution in [3.8, 4) is 0 Å². The molecule has 0 fully saturated rings. The summed E-state index contributed by atoms with van der Waals surface area (Å²) in [6.45, 7) is 6.10. The van der Waals surface area contributed by atoms with Crippen molar-refractivity contribution in [2.75, 3.05) is 11.5 Å². The molecule has 0 aromatic heterocycles. The van der Waals surface area contributed by atoms with Gasteiger partial charge in [-0.3, -0.25) is 0 Å². The van der Waals surface area contributed by atoms with Gasteiger partial charge in [0.2, 0.25) is 10.0 Å². The molecular formula is C13H21BrN2O2S2. The maximum Gasteiger partial charge on any atom is 0.241 e. The average Bonchev–Trinajstić information content (AvgIpc) is 2.38. The third kappa shape index (κ3) is 4.73. The molecule has 0 heterocycles. The van der Waals surface area contributed by atoms with Crippen LogP contribution in [-0.2, 0) is 16.6 Å². The van der Waals surface area contributed by atoms with Crippen LogP contribution in [-0.4, -0.2) is 26.0 Å². The number of aryl methyl sites for hydroxylation is 1. The molecule has 3 N–H and O–H groups in total. The molecule has 7 heteroatoms. The van der Waals surface area contributed by atoms with Crippen LogP contribution in [0.15, 0.2) is 21.5 Å². The first-order valence-electron chi connectivity index (χ1n) is 6.41. The number of hydrogen-bond donors (Lipinski definition) is 2. The number of benzene rings is 1. The highest BCUT2D eigenvalue weighted by atomic mass is 79.9. The molecule has 0 saturated carbocycles. The van der Waals surface area contributed by atoms with Gasteiger partial charge in [0.05, 0.1) is 4.90 Å². The minimum atomic E-state index is -3.54. The van der Waals surface area contributed by atoms with E-state index in [4.69, 9.17) is 5.73 Å². The van der Waals surface area contributed by atoms with Gasteiger partial charge in [0, 0.05) is 22.8 Å². The van der Waals surface area contributed by atoms with E-state index >= 15 is 0 Å². The van der Waals surface area contributed by atoms with Gasteiger partial charge in [-0.15, -0.1) is 0 Å². The van der Waals surface area contributed by atoms with Crippen molar-refractivity contribution in [3.63, 3.8) is 0 Å². The summed E-state index contributed by atoms with van der Waals surface area (Å²) in [7, 11) is -3.54. The van der Waals surface area contributed by atoms with E-state index in [1.807, 2.05) is 19.9 Å². The Hall–Kier alpha value is -0.0800. The van der Waals surface area contributed by atoms with Gasteiger partial charge >= 0.3 is 0 Å². The van der Waals surface area contributed by atoms with Crippen molar-refractivity contribution < 1.29 is 8.42 Å². The molecule has 20 heavy (non-hydrogen) atoms. The van der Waals surface area contributed by atoms with Crippen LogP contribution >= 0.6 is 27.7 Å². The average molecular weight is 381 g/mol. The van der Waals surface area contributed by atoms with Gasteiger partial charge in [-0.05, 0) is 52.7 Å². The second-order valence-electron chi connectivity index (χ2n) is 4.61. The number of nitrogens with two attached hydrogens (primary N) is 1. The van der Waals surface area contributed by atoms with Crippen LogP contribution in [0.25, 0.3) is 0 Å². The Morgan fingerprint density at radius 2 is 2.10 bits per heavy atom. The van der Waals surface area contributed by atoms with Crippen molar-refractivity contribution in [3.05, 3.63) is 27.7 Å². The Labute approximate surface area is 134 Å². The fraction of sp³-hybridized carbons (Fsp3) is 0.538. The first-order valence-corrected chi connectivity index (χ1v) is 9.84. The van der Waals surface area contributed by atoms with Gasteiger partial charge in [-0.2, -0.15) is 11.8 Å². The molecule has 1 rings (SSSR count). The Kier molecular flexibility index (Phi) is 7.00. The molecule has 114 valence electrons. The van der Waals surface area contributed by atoms with Gasteiger partial charge in [0.15, 0.2) is 0 Å². The van der Waals surface area contributed by atoms with Gasteiger partial charge < -0.3 is 5.73 Å². The summed E-state index contributed by atoms with van der Waals surface area (Å²) in [6.07, 6.45) is 0. The second kappa shape index (κ2) is 7.79.